The van der Waals surface area contributed by atoms with Crippen LogP contribution in [0.5, 0.6) is 5.75 Å². The molecule has 3 rings (SSSR count). The molecule has 0 unspecified atom stereocenters. The van der Waals surface area contributed by atoms with Gasteiger partial charge in [-0.25, -0.2) is 0 Å². The molecular weight excluding hydrogens is 288 g/mol. The smallest absolute Gasteiger partial charge is 0.222 e. The fourth-order valence-electron chi connectivity index (χ4n) is 3.89. The van der Waals surface area contributed by atoms with Crippen molar-refractivity contribution in [1.29, 1.82) is 0 Å². The molecule has 4 heteroatoms. The second-order valence-corrected chi connectivity index (χ2v) is 7.22. The second kappa shape index (κ2) is 6.91. The Morgan fingerprint density at radius 1 is 1.22 bits per heavy atom. The first-order valence-corrected chi connectivity index (χ1v) is 8.69. The molecule has 0 bridgehead atoms. The lowest BCUT2D eigenvalue weighted by Crippen LogP contribution is -2.40. The molecule has 0 aliphatic carbocycles. The van der Waals surface area contributed by atoms with Gasteiger partial charge in [0.25, 0.3) is 0 Å². The summed E-state index contributed by atoms with van der Waals surface area (Å²) >= 11 is 0. The van der Waals surface area contributed by atoms with Gasteiger partial charge in [-0.1, -0.05) is 12.1 Å². The number of piperidine rings is 1. The van der Waals surface area contributed by atoms with Crippen LogP contribution >= 0.6 is 0 Å². The Labute approximate surface area is 139 Å². The number of amides is 1. The van der Waals surface area contributed by atoms with Gasteiger partial charge in [-0.05, 0) is 68.9 Å². The lowest BCUT2D eigenvalue weighted by atomic mass is 9.78. The Morgan fingerprint density at radius 3 is 2.70 bits per heavy atom. The van der Waals surface area contributed by atoms with E-state index < -0.39 is 0 Å². The van der Waals surface area contributed by atoms with E-state index in [2.05, 4.69) is 22.9 Å². The lowest BCUT2D eigenvalue weighted by molar-refractivity contribution is -0.130. The molecule has 2 aliphatic heterocycles. The number of carbonyl (C=O) groups excluding carboxylic acids is 1. The molecule has 1 spiro atoms. The molecule has 0 radical (unpaired) electrons. The number of hydrogen-bond acceptors (Lipinski definition) is 3. The number of methoxy groups -OCH3 is 1. The van der Waals surface area contributed by atoms with Crippen molar-refractivity contribution in [3.05, 3.63) is 29.8 Å². The molecule has 4 nitrogen and oxygen atoms in total. The topological polar surface area (TPSA) is 32.8 Å². The van der Waals surface area contributed by atoms with Crippen molar-refractivity contribution in [2.24, 2.45) is 5.41 Å². The minimum absolute atomic E-state index is 0.309. The fourth-order valence-corrected chi connectivity index (χ4v) is 3.89. The molecule has 0 N–H and O–H groups in total. The normalized spacial score (nSPS) is 20.9. The van der Waals surface area contributed by atoms with Gasteiger partial charge in [-0.3, -0.25) is 4.79 Å². The summed E-state index contributed by atoms with van der Waals surface area (Å²) in [6.45, 7) is 4.26. The highest BCUT2D eigenvalue weighted by Crippen LogP contribution is 2.40. The number of rotatable bonds is 4. The van der Waals surface area contributed by atoms with Gasteiger partial charge in [0.2, 0.25) is 5.91 Å². The number of aryl methyl sites for hydroxylation is 1. The zero-order chi connectivity index (χ0) is 16.3. The van der Waals surface area contributed by atoms with Gasteiger partial charge in [0.1, 0.15) is 5.75 Å². The van der Waals surface area contributed by atoms with E-state index in [9.17, 15) is 4.79 Å². The van der Waals surface area contributed by atoms with Crippen LogP contribution in [0.15, 0.2) is 24.3 Å². The molecule has 1 amide bonds. The van der Waals surface area contributed by atoms with Crippen molar-refractivity contribution < 1.29 is 9.53 Å². The van der Waals surface area contributed by atoms with Gasteiger partial charge >= 0.3 is 0 Å². The van der Waals surface area contributed by atoms with Crippen molar-refractivity contribution in [3.63, 3.8) is 0 Å². The van der Waals surface area contributed by atoms with Gasteiger partial charge in [-0.15, -0.1) is 0 Å². The number of benzene rings is 1. The maximum Gasteiger partial charge on any atom is 0.222 e. The van der Waals surface area contributed by atoms with E-state index >= 15 is 0 Å². The zero-order valence-electron chi connectivity index (χ0n) is 14.4. The molecule has 0 saturated carbocycles. The summed E-state index contributed by atoms with van der Waals surface area (Å²) in [6, 6.07) is 8.02. The Balaban J connectivity index is 1.51. The first-order valence-electron chi connectivity index (χ1n) is 8.69. The molecule has 0 atom stereocenters. The summed E-state index contributed by atoms with van der Waals surface area (Å²) in [5.74, 6) is 1.17. The van der Waals surface area contributed by atoms with E-state index in [4.69, 9.17) is 4.74 Å². The predicted molar refractivity (Wildman–Crippen MR) is 91.7 cm³/mol. The largest absolute Gasteiger partial charge is 0.497 e. The van der Waals surface area contributed by atoms with Crippen LogP contribution in [0.2, 0.25) is 0 Å². The van der Waals surface area contributed by atoms with Crippen LogP contribution in [0.25, 0.3) is 0 Å². The molecule has 0 aromatic heterocycles. The first-order chi connectivity index (χ1) is 11.1. The van der Waals surface area contributed by atoms with E-state index in [0.717, 1.165) is 25.3 Å². The fraction of sp³-hybridized carbons (Fsp3) is 0.632. The number of hydrogen-bond donors (Lipinski definition) is 0. The Kier molecular flexibility index (Phi) is 4.90. The van der Waals surface area contributed by atoms with E-state index in [-0.39, 0.29) is 0 Å². The Morgan fingerprint density at radius 2 is 1.96 bits per heavy atom. The molecule has 2 aliphatic rings. The summed E-state index contributed by atoms with van der Waals surface area (Å²) in [5, 5.41) is 0. The standard InChI is InChI=1S/C19H28N2O2/c1-20-11-8-19(9-12-20)10-13-21(15-19)18(22)7-6-16-4-3-5-17(14-16)23-2/h3-5,14H,6-13,15H2,1-2H3. The quantitative estimate of drug-likeness (QED) is 0.856. The van der Waals surface area contributed by atoms with Crippen molar-refractivity contribution in [2.45, 2.75) is 32.1 Å². The number of nitrogens with zero attached hydrogens (tertiary/aromatic N) is 2. The van der Waals surface area contributed by atoms with Gasteiger partial charge in [-0.2, -0.15) is 0 Å². The van der Waals surface area contributed by atoms with Crippen LogP contribution in [0, 0.1) is 5.41 Å². The zero-order valence-corrected chi connectivity index (χ0v) is 14.4. The van der Waals surface area contributed by atoms with Crippen LogP contribution in [0.1, 0.15) is 31.2 Å². The number of carbonyl (C=O) groups is 1. The lowest BCUT2D eigenvalue weighted by Gasteiger charge is -2.37. The number of ether oxygens (including phenoxy) is 1. The van der Waals surface area contributed by atoms with Crippen molar-refractivity contribution in [2.75, 3.05) is 40.3 Å². The third-order valence-electron chi connectivity index (χ3n) is 5.60. The van der Waals surface area contributed by atoms with Crippen LogP contribution in [-0.4, -0.2) is 56.0 Å². The summed E-state index contributed by atoms with van der Waals surface area (Å²) in [6.07, 6.45) is 5.06. The van der Waals surface area contributed by atoms with Crippen LogP contribution in [0.3, 0.4) is 0 Å². The summed E-state index contributed by atoms with van der Waals surface area (Å²) in [4.78, 5) is 17.1. The van der Waals surface area contributed by atoms with Crippen molar-refractivity contribution in [3.8, 4) is 5.75 Å². The first kappa shape index (κ1) is 16.3. The Bertz CT molecular complexity index is 550. The molecule has 126 valence electrons. The van der Waals surface area contributed by atoms with Gasteiger partial charge in [0.05, 0.1) is 7.11 Å². The predicted octanol–water partition coefficient (Wildman–Crippen LogP) is 2.57. The van der Waals surface area contributed by atoms with Crippen molar-refractivity contribution in [1.82, 2.24) is 9.80 Å². The second-order valence-electron chi connectivity index (χ2n) is 7.22. The minimum Gasteiger partial charge on any atom is -0.497 e. The highest BCUT2D eigenvalue weighted by molar-refractivity contribution is 5.76. The van der Waals surface area contributed by atoms with Crippen molar-refractivity contribution >= 4 is 5.91 Å². The van der Waals surface area contributed by atoms with Crippen LogP contribution in [0.4, 0.5) is 0 Å². The van der Waals surface area contributed by atoms with E-state index in [1.807, 2.05) is 18.2 Å². The van der Waals surface area contributed by atoms with E-state index in [1.165, 1.54) is 37.9 Å². The average molecular weight is 316 g/mol. The molecule has 2 heterocycles. The monoisotopic (exact) mass is 316 g/mol. The Hall–Kier alpha value is -1.55. The third kappa shape index (κ3) is 3.86. The molecule has 2 fully saturated rings. The highest BCUT2D eigenvalue weighted by atomic mass is 16.5. The summed E-state index contributed by atoms with van der Waals surface area (Å²) in [5.41, 5.74) is 1.57. The van der Waals surface area contributed by atoms with Gasteiger partial charge in [0, 0.05) is 19.5 Å². The molecule has 23 heavy (non-hydrogen) atoms. The molecular formula is C19H28N2O2. The number of likely N-dealkylation sites (tertiary alicyclic amines) is 2. The van der Waals surface area contributed by atoms with E-state index in [1.54, 1.807) is 7.11 Å². The van der Waals surface area contributed by atoms with Gasteiger partial charge < -0.3 is 14.5 Å². The van der Waals surface area contributed by atoms with Crippen LogP contribution in [-0.2, 0) is 11.2 Å². The SMILES string of the molecule is COc1cccc(CCC(=O)N2CCC3(CCN(C)CC3)C2)c1. The molecule has 2 saturated heterocycles. The summed E-state index contributed by atoms with van der Waals surface area (Å²) < 4.78 is 5.25. The van der Waals surface area contributed by atoms with E-state index in [0.29, 0.717) is 17.7 Å². The maximum absolute atomic E-state index is 12.5. The van der Waals surface area contributed by atoms with Crippen LogP contribution < -0.4 is 4.74 Å². The molecule has 1 aromatic carbocycles. The minimum atomic E-state index is 0.309. The molecule has 1 aromatic rings. The maximum atomic E-state index is 12.5. The third-order valence-corrected chi connectivity index (χ3v) is 5.60. The average Bonchev–Trinajstić information content (AvgIpc) is 3.00. The van der Waals surface area contributed by atoms with Gasteiger partial charge in [0.15, 0.2) is 0 Å². The highest BCUT2D eigenvalue weighted by Gasteiger charge is 2.41. The summed E-state index contributed by atoms with van der Waals surface area (Å²) in [7, 11) is 3.87.